The third-order valence-corrected chi connectivity index (χ3v) is 5.68. The zero-order chi connectivity index (χ0) is 19.7. The normalized spacial score (nSPS) is 18.4. The SMILES string of the molecule is N#Cc1ccc(N2CN(c3ccccc3)C3(CCN(C(=O)O)CC3)C2=O)cc1. The van der Waals surface area contributed by atoms with Crippen molar-refractivity contribution in [2.75, 3.05) is 29.6 Å². The van der Waals surface area contributed by atoms with Crippen LogP contribution in [0.15, 0.2) is 54.6 Å². The standard InChI is InChI=1S/C21H20N4O3/c22-14-16-6-8-17(9-7-16)24-15-25(18-4-2-1-3-5-18)21(19(24)26)10-12-23(13-11-21)20(27)28/h1-9H,10-13,15H2,(H,27,28). The molecule has 7 nitrogen and oxygen atoms in total. The summed E-state index contributed by atoms with van der Waals surface area (Å²) in [6.45, 7) is 1.04. The van der Waals surface area contributed by atoms with Gasteiger partial charge < -0.3 is 14.9 Å². The molecule has 2 saturated heterocycles. The molecule has 2 aliphatic heterocycles. The molecule has 28 heavy (non-hydrogen) atoms. The molecule has 0 aliphatic carbocycles. The lowest BCUT2D eigenvalue weighted by Gasteiger charge is -2.42. The highest BCUT2D eigenvalue weighted by atomic mass is 16.4. The van der Waals surface area contributed by atoms with Gasteiger partial charge in [-0.2, -0.15) is 5.26 Å². The number of piperidine rings is 1. The molecule has 0 aromatic heterocycles. The van der Waals surface area contributed by atoms with Gasteiger partial charge in [0, 0.05) is 24.5 Å². The molecule has 7 heteroatoms. The van der Waals surface area contributed by atoms with Gasteiger partial charge in [-0.05, 0) is 49.2 Å². The lowest BCUT2D eigenvalue weighted by molar-refractivity contribution is -0.123. The van der Waals surface area contributed by atoms with Crippen molar-refractivity contribution in [1.82, 2.24) is 4.90 Å². The summed E-state index contributed by atoms with van der Waals surface area (Å²) < 4.78 is 0. The minimum absolute atomic E-state index is 0.0221. The summed E-state index contributed by atoms with van der Waals surface area (Å²) in [7, 11) is 0. The number of carbonyl (C=O) groups excluding carboxylic acids is 1. The number of nitrogens with zero attached hydrogens (tertiary/aromatic N) is 4. The van der Waals surface area contributed by atoms with Crippen LogP contribution in [0.2, 0.25) is 0 Å². The summed E-state index contributed by atoms with van der Waals surface area (Å²) in [4.78, 5) is 30.1. The van der Waals surface area contributed by atoms with Crippen molar-refractivity contribution in [3.63, 3.8) is 0 Å². The van der Waals surface area contributed by atoms with Crippen LogP contribution in [0.25, 0.3) is 0 Å². The number of para-hydroxylation sites is 1. The Kier molecular flexibility index (Phi) is 4.40. The highest BCUT2D eigenvalue weighted by Gasteiger charge is 2.54. The molecule has 2 fully saturated rings. The lowest BCUT2D eigenvalue weighted by Crippen LogP contribution is -2.57. The van der Waals surface area contributed by atoms with Gasteiger partial charge in [0.2, 0.25) is 0 Å². The zero-order valence-electron chi connectivity index (χ0n) is 15.3. The molecule has 2 amide bonds. The molecule has 0 atom stereocenters. The molecule has 2 aromatic rings. The van der Waals surface area contributed by atoms with Crippen molar-refractivity contribution < 1.29 is 14.7 Å². The van der Waals surface area contributed by atoms with Crippen LogP contribution in [0.4, 0.5) is 16.2 Å². The number of rotatable bonds is 2. The van der Waals surface area contributed by atoms with E-state index in [2.05, 4.69) is 11.0 Å². The first-order valence-electron chi connectivity index (χ1n) is 9.18. The molecule has 2 aliphatic rings. The van der Waals surface area contributed by atoms with Crippen LogP contribution in [0.5, 0.6) is 0 Å². The average Bonchev–Trinajstić information content (AvgIpc) is 3.01. The minimum atomic E-state index is -0.949. The van der Waals surface area contributed by atoms with Gasteiger partial charge in [0.25, 0.3) is 5.91 Å². The number of likely N-dealkylation sites (tertiary alicyclic amines) is 1. The number of nitriles is 1. The summed E-state index contributed by atoms with van der Waals surface area (Å²) in [5.41, 5.74) is 1.46. The number of amides is 2. The van der Waals surface area contributed by atoms with Gasteiger partial charge in [-0.15, -0.1) is 0 Å². The van der Waals surface area contributed by atoms with Crippen molar-refractivity contribution in [3.8, 4) is 6.07 Å². The van der Waals surface area contributed by atoms with Crippen LogP contribution in [0.3, 0.4) is 0 Å². The number of anilines is 2. The maximum absolute atomic E-state index is 13.6. The first-order chi connectivity index (χ1) is 13.5. The number of hydrogen-bond acceptors (Lipinski definition) is 4. The highest BCUT2D eigenvalue weighted by molar-refractivity contribution is 6.06. The van der Waals surface area contributed by atoms with E-state index in [1.807, 2.05) is 30.3 Å². The topological polar surface area (TPSA) is 87.9 Å². The van der Waals surface area contributed by atoms with E-state index < -0.39 is 11.6 Å². The van der Waals surface area contributed by atoms with E-state index in [4.69, 9.17) is 5.26 Å². The molecule has 0 bridgehead atoms. The van der Waals surface area contributed by atoms with E-state index in [-0.39, 0.29) is 5.91 Å². The smallest absolute Gasteiger partial charge is 0.407 e. The molecule has 4 rings (SSSR count). The number of carboxylic acid groups (broad SMARTS) is 1. The third kappa shape index (κ3) is 2.83. The fourth-order valence-corrected chi connectivity index (χ4v) is 4.11. The van der Waals surface area contributed by atoms with Crippen molar-refractivity contribution in [1.29, 1.82) is 5.26 Å². The Morgan fingerprint density at radius 2 is 1.64 bits per heavy atom. The van der Waals surface area contributed by atoms with E-state index >= 15 is 0 Å². The molecule has 1 N–H and O–H groups in total. The summed E-state index contributed by atoms with van der Waals surface area (Å²) >= 11 is 0. The molecule has 2 heterocycles. The number of benzene rings is 2. The predicted octanol–water partition coefficient (Wildman–Crippen LogP) is 2.88. The molecule has 0 saturated carbocycles. The average molecular weight is 376 g/mol. The first kappa shape index (κ1) is 17.9. The van der Waals surface area contributed by atoms with E-state index in [1.54, 1.807) is 29.2 Å². The summed E-state index contributed by atoms with van der Waals surface area (Å²) in [5.74, 6) is -0.0221. The molecule has 0 radical (unpaired) electrons. The van der Waals surface area contributed by atoms with Gasteiger partial charge in [-0.25, -0.2) is 4.79 Å². The Morgan fingerprint density at radius 3 is 2.21 bits per heavy atom. The second-order valence-electron chi connectivity index (χ2n) is 7.10. The Balaban J connectivity index is 1.70. The van der Waals surface area contributed by atoms with Crippen molar-refractivity contribution in [2.24, 2.45) is 0 Å². The van der Waals surface area contributed by atoms with Gasteiger partial charge in [0.05, 0.1) is 18.3 Å². The largest absolute Gasteiger partial charge is 0.465 e. The first-order valence-corrected chi connectivity index (χ1v) is 9.18. The van der Waals surface area contributed by atoms with Gasteiger partial charge in [0.15, 0.2) is 0 Å². The van der Waals surface area contributed by atoms with Gasteiger partial charge in [-0.1, -0.05) is 18.2 Å². The third-order valence-electron chi connectivity index (χ3n) is 5.68. The van der Waals surface area contributed by atoms with Crippen LogP contribution < -0.4 is 9.80 Å². The van der Waals surface area contributed by atoms with E-state index in [9.17, 15) is 14.7 Å². The Morgan fingerprint density at radius 1 is 1.00 bits per heavy atom. The quantitative estimate of drug-likeness (QED) is 0.871. The molecule has 0 unspecified atom stereocenters. The van der Waals surface area contributed by atoms with Crippen LogP contribution in [0.1, 0.15) is 18.4 Å². The number of carbonyl (C=O) groups is 2. The predicted molar refractivity (Wildman–Crippen MR) is 104 cm³/mol. The van der Waals surface area contributed by atoms with E-state index in [1.165, 1.54) is 4.90 Å². The van der Waals surface area contributed by atoms with E-state index in [0.717, 1.165) is 11.4 Å². The van der Waals surface area contributed by atoms with Crippen LogP contribution in [0, 0.1) is 11.3 Å². The van der Waals surface area contributed by atoms with Gasteiger partial charge in [-0.3, -0.25) is 9.69 Å². The molecular weight excluding hydrogens is 356 g/mol. The summed E-state index contributed by atoms with van der Waals surface area (Å²) in [6, 6.07) is 18.8. The van der Waals surface area contributed by atoms with Gasteiger partial charge >= 0.3 is 6.09 Å². The molecule has 1 spiro atoms. The Hall–Kier alpha value is -3.53. The van der Waals surface area contributed by atoms with Crippen molar-refractivity contribution in [2.45, 2.75) is 18.4 Å². The molecular formula is C21H20N4O3. The van der Waals surface area contributed by atoms with Gasteiger partial charge in [0.1, 0.15) is 5.54 Å². The highest BCUT2D eigenvalue weighted by Crippen LogP contribution is 2.41. The lowest BCUT2D eigenvalue weighted by atomic mass is 9.85. The fraction of sp³-hybridized carbons (Fsp3) is 0.286. The van der Waals surface area contributed by atoms with E-state index in [0.29, 0.717) is 38.2 Å². The monoisotopic (exact) mass is 376 g/mol. The van der Waals surface area contributed by atoms with Crippen LogP contribution in [-0.2, 0) is 4.79 Å². The van der Waals surface area contributed by atoms with Crippen LogP contribution in [-0.4, -0.2) is 47.3 Å². The number of hydrogen-bond donors (Lipinski definition) is 1. The Bertz CT molecular complexity index is 928. The van der Waals surface area contributed by atoms with Crippen molar-refractivity contribution >= 4 is 23.4 Å². The maximum atomic E-state index is 13.6. The second kappa shape index (κ2) is 6.89. The second-order valence-corrected chi connectivity index (χ2v) is 7.10. The zero-order valence-corrected chi connectivity index (χ0v) is 15.3. The summed E-state index contributed by atoms with van der Waals surface area (Å²) in [5, 5.41) is 18.3. The molecule has 142 valence electrons. The fourth-order valence-electron chi connectivity index (χ4n) is 4.11. The summed E-state index contributed by atoms with van der Waals surface area (Å²) in [6.07, 6.45) is -0.0601. The maximum Gasteiger partial charge on any atom is 0.407 e. The van der Waals surface area contributed by atoms with Crippen LogP contribution >= 0.6 is 0 Å². The Labute approximate surface area is 163 Å². The van der Waals surface area contributed by atoms with Crippen molar-refractivity contribution in [3.05, 3.63) is 60.2 Å². The molecule has 2 aromatic carbocycles. The minimum Gasteiger partial charge on any atom is -0.465 e.